The Labute approximate surface area is 231 Å². The van der Waals surface area contributed by atoms with E-state index in [0.29, 0.717) is 45.5 Å². The quantitative estimate of drug-likeness (QED) is 0.554. The number of nitrogens with zero attached hydrogens (tertiary/aromatic N) is 2. The highest BCUT2D eigenvalue weighted by Crippen LogP contribution is 2.24. The molecule has 0 radical (unpaired) electrons. The van der Waals surface area contributed by atoms with Crippen LogP contribution < -0.4 is 5.32 Å². The van der Waals surface area contributed by atoms with Gasteiger partial charge < -0.3 is 34.1 Å². The average molecular weight is 546 g/mol. The van der Waals surface area contributed by atoms with Gasteiger partial charge in [0, 0.05) is 26.2 Å². The second-order valence-electron chi connectivity index (χ2n) is 11.6. The zero-order valence-corrected chi connectivity index (χ0v) is 23.4. The van der Waals surface area contributed by atoms with Crippen LogP contribution in [0.2, 0.25) is 0 Å². The Kier molecular flexibility index (Phi) is 10.1. The van der Waals surface area contributed by atoms with Crippen molar-refractivity contribution in [1.82, 2.24) is 15.1 Å². The molecule has 1 N–H and O–H groups in total. The third-order valence-corrected chi connectivity index (χ3v) is 7.36. The molecule has 1 aromatic carbocycles. The highest BCUT2D eigenvalue weighted by molar-refractivity contribution is 5.81. The maximum absolute atomic E-state index is 13.2. The summed E-state index contributed by atoms with van der Waals surface area (Å²) >= 11 is 0. The van der Waals surface area contributed by atoms with E-state index in [2.05, 4.69) is 5.32 Å². The van der Waals surface area contributed by atoms with Crippen LogP contribution in [-0.4, -0.2) is 90.6 Å². The molecule has 0 spiro atoms. The van der Waals surface area contributed by atoms with Crippen molar-refractivity contribution >= 4 is 18.1 Å². The van der Waals surface area contributed by atoms with Crippen molar-refractivity contribution in [3.63, 3.8) is 0 Å². The van der Waals surface area contributed by atoms with Gasteiger partial charge in [0.15, 0.2) is 0 Å². The van der Waals surface area contributed by atoms with E-state index in [-0.39, 0.29) is 43.4 Å². The Morgan fingerprint density at radius 3 is 2.38 bits per heavy atom. The minimum Gasteiger partial charge on any atom is -0.445 e. The van der Waals surface area contributed by atoms with E-state index >= 15 is 0 Å². The summed E-state index contributed by atoms with van der Waals surface area (Å²) in [6.45, 7) is 8.24. The van der Waals surface area contributed by atoms with Crippen LogP contribution in [0.3, 0.4) is 0 Å². The van der Waals surface area contributed by atoms with Crippen LogP contribution >= 0.6 is 0 Å². The second kappa shape index (κ2) is 13.5. The van der Waals surface area contributed by atoms with Gasteiger partial charge in [-0.1, -0.05) is 30.3 Å². The molecule has 10 heteroatoms. The predicted octanol–water partition coefficient (Wildman–Crippen LogP) is 3.87. The van der Waals surface area contributed by atoms with Gasteiger partial charge in [-0.25, -0.2) is 9.59 Å². The summed E-state index contributed by atoms with van der Waals surface area (Å²) in [5.41, 5.74) is 0.378. The largest absolute Gasteiger partial charge is 0.445 e. The van der Waals surface area contributed by atoms with Crippen molar-refractivity contribution in [3.8, 4) is 0 Å². The maximum Gasteiger partial charge on any atom is 0.410 e. The topological polar surface area (TPSA) is 107 Å². The first-order chi connectivity index (χ1) is 18.7. The Morgan fingerprint density at radius 1 is 0.974 bits per heavy atom. The summed E-state index contributed by atoms with van der Waals surface area (Å²) in [5, 5.41) is 3.14. The summed E-state index contributed by atoms with van der Waals surface area (Å²) in [7, 11) is 0. The van der Waals surface area contributed by atoms with Crippen LogP contribution in [0, 0.1) is 0 Å². The highest BCUT2D eigenvalue weighted by Gasteiger charge is 2.39. The smallest absolute Gasteiger partial charge is 0.410 e. The zero-order chi connectivity index (χ0) is 27.8. The predicted molar refractivity (Wildman–Crippen MR) is 144 cm³/mol. The molecule has 3 fully saturated rings. The SMILES string of the molecule is CC(C)(C)OC(=O)N1CCC(OC[C@H]2[C@@H](NC(=O)[C@@H]3CCCO3)CCCN2C(=O)OCc2ccccc2)CC1. The molecule has 3 heterocycles. The molecular formula is C29H43N3O7. The Balaban J connectivity index is 1.36. The number of carbonyl (C=O) groups is 3. The van der Waals surface area contributed by atoms with Gasteiger partial charge in [-0.2, -0.15) is 0 Å². The lowest BCUT2D eigenvalue weighted by Crippen LogP contribution is -2.60. The fourth-order valence-electron chi connectivity index (χ4n) is 5.29. The highest BCUT2D eigenvalue weighted by atomic mass is 16.6. The van der Waals surface area contributed by atoms with E-state index in [0.717, 1.165) is 24.8 Å². The number of amides is 3. The molecular weight excluding hydrogens is 502 g/mol. The molecule has 39 heavy (non-hydrogen) atoms. The zero-order valence-electron chi connectivity index (χ0n) is 23.4. The van der Waals surface area contributed by atoms with E-state index < -0.39 is 17.8 Å². The number of benzene rings is 1. The summed E-state index contributed by atoms with van der Waals surface area (Å²) < 4.78 is 23.1. The number of hydrogen-bond acceptors (Lipinski definition) is 7. The first-order valence-corrected chi connectivity index (χ1v) is 14.2. The van der Waals surface area contributed by atoms with Gasteiger partial charge in [0.25, 0.3) is 0 Å². The van der Waals surface area contributed by atoms with Crippen LogP contribution in [0.1, 0.15) is 64.9 Å². The van der Waals surface area contributed by atoms with E-state index in [1.807, 2.05) is 51.1 Å². The number of carbonyl (C=O) groups excluding carboxylic acids is 3. The first kappa shape index (κ1) is 29.1. The second-order valence-corrected chi connectivity index (χ2v) is 11.6. The lowest BCUT2D eigenvalue weighted by Gasteiger charge is -2.42. The van der Waals surface area contributed by atoms with Crippen LogP contribution in [0.15, 0.2) is 30.3 Å². The molecule has 3 aliphatic rings. The van der Waals surface area contributed by atoms with Gasteiger partial charge in [0.2, 0.25) is 5.91 Å². The molecule has 1 aromatic rings. The van der Waals surface area contributed by atoms with Gasteiger partial charge in [-0.05, 0) is 64.9 Å². The average Bonchev–Trinajstić information content (AvgIpc) is 3.46. The Morgan fingerprint density at radius 2 is 1.72 bits per heavy atom. The van der Waals surface area contributed by atoms with Crippen LogP contribution in [0.4, 0.5) is 9.59 Å². The van der Waals surface area contributed by atoms with Crippen molar-refractivity contribution in [1.29, 1.82) is 0 Å². The minimum absolute atomic E-state index is 0.0534. The Bertz CT molecular complexity index is 953. The van der Waals surface area contributed by atoms with Crippen molar-refractivity contribution < 1.29 is 33.3 Å². The van der Waals surface area contributed by atoms with Gasteiger partial charge in [-0.15, -0.1) is 0 Å². The molecule has 0 aromatic heterocycles. The lowest BCUT2D eigenvalue weighted by atomic mass is 9.96. The molecule has 10 nitrogen and oxygen atoms in total. The normalized spacial score (nSPS) is 24.3. The van der Waals surface area contributed by atoms with Crippen molar-refractivity contribution in [2.24, 2.45) is 0 Å². The molecule has 3 atom stereocenters. The number of ether oxygens (including phenoxy) is 4. The van der Waals surface area contributed by atoms with Gasteiger partial charge in [-0.3, -0.25) is 4.79 Å². The molecule has 3 saturated heterocycles. The van der Waals surface area contributed by atoms with Crippen LogP contribution in [-0.2, 0) is 30.3 Å². The monoisotopic (exact) mass is 545 g/mol. The van der Waals surface area contributed by atoms with Crippen molar-refractivity contribution in [2.45, 2.75) is 95.8 Å². The number of nitrogens with one attached hydrogen (secondary N) is 1. The molecule has 3 aliphatic heterocycles. The Hall–Kier alpha value is -2.85. The maximum atomic E-state index is 13.2. The van der Waals surface area contributed by atoms with Gasteiger partial charge in [0.1, 0.15) is 18.3 Å². The standard InChI is InChI=1S/C29H43N3O7/c1-29(2,3)39-27(34)31-16-13-22(14-17-31)37-20-24-23(30-26(33)25-12-8-18-36-25)11-7-15-32(24)28(35)38-19-21-9-5-4-6-10-21/h4-6,9-10,22-25H,7-8,11-20H2,1-3H3,(H,30,33)/t23-,24-,25-/m0/s1. The minimum atomic E-state index is -0.535. The summed E-state index contributed by atoms with van der Waals surface area (Å²) in [5.74, 6) is -0.132. The molecule has 0 aliphatic carbocycles. The number of hydrogen-bond donors (Lipinski definition) is 1. The number of likely N-dealkylation sites (tertiary alicyclic amines) is 2. The molecule has 0 unspecified atom stereocenters. The molecule has 0 saturated carbocycles. The number of piperidine rings is 2. The van der Waals surface area contributed by atoms with E-state index in [1.54, 1.807) is 9.80 Å². The summed E-state index contributed by atoms with van der Waals surface area (Å²) in [4.78, 5) is 41.9. The first-order valence-electron chi connectivity index (χ1n) is 14.2. The molecule has 3 amide bonds. The van der Waals surface area contributed by atoms with E-state index in [1.165, 1.54) is 0 Å². The summed E-state index contributed by atoms with van der Waals surface area (Å²) in [6.07, 6.45) is 3.21. The van der Waals surface area contributed by atoms with Gasteiger partial charge in [0.05, 0.1) is 24.8 Å². The molecule has 0 bridgehead atoms. The number of rotatable bonds is 7. The van der Waals surface area contributed by atoms with Crippen molar-refractivity contribution in [3.05, 3.63) is 35.9 Å². The third-order valence-electron chi connectivity index (χ3n) is 7.36. The fraction of sp³-hybridized carbons (Fsp3) is 0.690. The fourth-order valence-corrected chi connectivity index (χ4v) is 5.29. The van der Waals surface area contributed by atoms with Crippen molar-refractivity contribution in [2.75, 3.05) is 32.8 Å². The third kappa shape index (κ3) is 8.57. The van der Waals surface area contributed by atoms with E-state index in [9.17, 15) is 14.4 Å². The summed E-state index contributed by atoms with van der Waals surface area (Å²) in [6, 6.07) is 8.94. The van der Waals surface area contributed by atoms with Crippen LogP contribution in [0.5, 0.6) is 0 Å². The molecule has 4 rings (SSSR count). The van der Waals surface area contributed by atoms with Crippen LogP contribution in [0.25, 0.3) is 0 Å². The molecule has 216 valence electrons. The lowest BCUT2D eigenvalue weighted by molar-refractivity contribution is -0.132. The van der Waals surface area contributed by atoms with E-state index in [4.69, 9.17) is 18.9 Å². The van der Waals surface area contributed by atoms with Gasteiger partial charge >= 0.3 is 12.2 Å².